The highest BCUT2D eigenvalue weighted by molar-refractivity contribution is 5.85. The molecule has 2 N–H and O–H groups in total. The molecule has 23 heavy (non-hydrogen) atoms. The van der Waals surface area contributed by atoms with Crippen molar-refractivity contribution >= 4 is 11.9 Å². The third kappa shape index (κ3) is 3.39. The van der Waals surface area contributed by atoms with Crippen molar-refractivity contribution in [2.45, 2.75) is 64.5 Å². The number of amides is 1. The molecule has 1 amide bonds. The van der Waals surface area contributed by atoms with Gasteiger partial charge >= 0.3 is 0 Å². The molecule has 5 nitrogen and oxygen atoms in total. The number of carboxylic acid groups (broad SMARTS) is 1. The fraction of sp³-hybridized carbons (Fsp3) is 0.889. The Kier molecular flexibility index (Phi) is 4.95. The summed E-state index contributed by atoms with van der Waals surface area (Å²) in [7, 11) is 0. The Hall–Kier alpha value is -1.10. The Labute approximate surface area is 138 Å². The molecule has 0 aromatic carbocycles. The lowest BCUT2D eigenvalue weighted by Crippen LogP contribution is -3.16. The zero-order valence-electron chi connectivity index (χ0n) is 14.3. The van der Waals surface area contributed by atoms with Gasteiger partial charge in [-0.25, -0.2) is 0 Å². The van der Waals surface area contributed by atoms with Crippen LogP contribution in [0.3, 0.4) is 0 Å². The van der Waals surface area contributed by atoms with E-state index in [-0.39, 0.29) is 29.7 Å². The molecule has 2 bridgehead atoms. The largest absolute Gasteiger partial charge is 0.550 e. The van der Waals surface area contributed by atoms with Gasteiger partial charge in [-0.15, -0.1) is 0 Å². The van der Waals surface area contributed by atoms with Crippen molar-refractivity contribution in [1.82, 2.24) is 5.32 Å². The number of quaternary nitrogens is 1. The number of hydrogen-bond acceptors (Lipinski definition) is 3. The number of likely N-dealkylation sites (tertiary alicyclic amines) is 1. The monoisotopic (exact) mass is 322 g/mol. The molecule has 0 spiro atoms. The number of fused-ring (bicyclic) bond motifs is 3. The van der Waals surface area contributed by atoms with Crippen molar-refractivity contribution in [3.8, 4) is 0 Å². The second-order valence-electron chi connectivity index (χ2n) is 8.14. The van der Waals surface area contributed by atoms with E-state index in [9.17, 15) is 14.7 Å². The third-order valence-corrected chi connectivity index (χ3v) is 6.58. The van der Waals surface area contributed by atoms with Gasteiger partial charge in [0.2, 0.25) is 5.91 Å². The van der Waals surface area contributed by atoms with Gasteiger partial charge in [0.1, 0.15) is 0 Å². The van der Waals surface area contributed by atoms with Crippen LogP contribution in [0.25, 0.3) is 0 Å². The standard InChI is InChI=1S/C18H30N2O3/c1-11(2)20-9-7-14(8-10-20)19-17(21)15-12-3-5-13(6-4-12)16(15)18(22)23/h11-16H,3-10H2,1-2H3,(H,19,21)(H,22,23)/t12?,13?,15-,16+/m1/s1. The van der Waals surface area contributed by atoms with Gasteiger partial charge < -0.3 is 20.1 Å². The molecule has 3 saturated carbocycles. The summed E-state index contributed by atoms with van der Waals surface area (Å²) in [6.45, 7) is 6.64. The molecule has 4 rings (SSSR count). The Morgan fingerprint density at radius 3 is 1.96 bits per heavy atom. The molecule has 5 heteroatoms. The molecule has 4 fully saturated rings. The van der Waals surface area contributed by atoms with Gasteiger partial charge in [-0.05, 0) is 51.4 Å². The number of carboxylic acids is 1. The molecular weight excluding hydrogens is 292 g/mol. The number of carbonyl (C=O) groups excluding carboxylic acids is 2. The highest BCUT2D eigenvalue weighted by atomic mass is 16.4. The van der Waals surface area contributed by atoms with Crippen LogP contribution in [-0.4, -0.2) is 37.0 Å². The van der Waals surface area contributed by atoms with E-state index in [1.54, 1.807) is 4.90 Å². The van der Waals surface area contributed by atoms with Crippen LogP contribution in [0, 0.1) is 23.7 Å². The maximum Gasteiger partial charge on any atom is 0.224 e. The minimum atomic E-state index is -1.02. The van der Waals surface area contributed by atoms with E-state index in [0.29, 0.717) is 6.04 Å². The van der Waals surface area contributed by atoms with Crippen LogP contribution in [0.5, 0.6) is 0 Å². The Morgan fingerprint density at radius 2 is 1.48 bits per heavy atom. The molecule has 1 aliphatic heterocycles. The average Bonchev–Trinajstić information content (AvgIpc) is 2.55. The second kappa shape index (κ2) is 6.80. The molecule has 1 heterocycles. The first kappa shape index (κ1) is 16.7. The van der Waals surface area contributed by atoms with Gasteiger partial charge in [-0.2, -0.15) is 0 Å². The number of carbonyl (C=O) groups is 2. The SMILES string of the molecule is CC(C)[NH+]1CCC(NC(=O)[C@@H]2C3CCC(CC3)[C@@H]2C(=O)[O-])CC1. The number of rotatable bonds is 4. The van der Waals surface area contributed by atoms with Crippen LogP contribution in [-0.2, 0) is 9.59 Å². The molecule has 4 aliphatic rings. The minimum Gasteiger partial charge on any atom is -0.550 e. The fourth-order valence-corrected chi connectivity index (χ4v) is 5.17. The highest BCUT2D eigenvalue weighted by Crippen LogP contribution is 2.48. The van der Waals surface area contributed by atoms with Crippen LogP contribution in [0.2, 0.25) is 0 Å². The van der Waals surface area contributed by atoms with E-state index in [2.05, 4.69) is 19.2 Å². The molecule has 0 radical (unpaired) electrons. The lowest BCUT2D eigenvalue weighted by molar-refractivity contribution is -0.926. The first-order valence-electron chi connectivity index (χ1n) is 9.33. The lowest BCUT2D eigenvalue weighted by atomic mass is 9.58. The Morgan fingerprint density at radius 1 is 0.957 bits per heavy atom. The zero-order valence-corrected chi connectivity index (χ0v) is 14.3. The van der Waals surface area contributed by atoms with E-state index in [1.807, 2.05) is 0 Å². The van der Waals surface area contributed by atoms with Crippen LogP contribution < -0.4 is 15.3 Å². The van der Waals surface area contributed by atoms with Gasteiger partial charge in [-0.1, -0.05) is 0 Å². The third-order valence-electron chi connectivity index (χ3n) is 6.58. The van der Waals surface area contributed by atoms with Crippen molar-refractivity contribution in [3.05, 3.63) is 0 Å². The van der Waals surface area contributed by atoms with Crippen molar-refractivity contribution in [2.24, 2.45) is 23.7 Å². The second-order valence-corrected chi connectivity index (χ2v) is 8.14. The van der Waals surface area contributed by atoms with Gasteiger partial charge in [-0.3, -0.25) is 4.79 Å². The molecule has 0 aromatic rings. The van der Waals surface area contributed by atoms with Crippen molar-refractivity contribution in [3.63, 3.8) is 0 Å². The van der Waals surface area contributed by atoms with Gasteiger partial charge in [0.15, 0.2) is 0 Å². The summed E-state index contributed by atoms with van der Waals surface area (Å²) in [5.41, 5.74) is 0. The maximum absolute atomic E-state index is 12.8. The average molecular weight is 322 g/mol. The molecule has 2 atom stereocenters. The summed E-state index contributed by atoms with van der Waals surface area (Å²) < 4.78 is 0. The van der Waals surface area contributed by atoms with Crippen molar-refractivity contribution < 1.29 is 19.6 Å². The molecule has 3 aliphatic carbocycles. The highest BCUT2D eigenvalue weighted by Gasteiger charge is 2.47. The maximum atomic E-state index is 12.8. The van der Waals surface area contributed by atoms with E-state index >= 15 is 0 Å². The van der Waals surface area contributed by atoms with Crippen LogP contribution in [0.1, 0.15) is 52.4 Å². The van der Waals surface area contributed by atoms with Crippen molar-refractivity contribution in [2.75, 3.05) is 13.1 Å². The first-order valence-corrected chi connectivity index (χ1v) is 9.33. The van der Waals surface area contributed by atoms with E-state index < -0.39 is 11.9 Å². The Bertz CT molecular complexity index is 449. The van der Waals surface area contributed by atoms with E-state index in [4.69, 9.17) is 0 Å². The predicted molar refractivity (Wildman–Crippen MR) is 84.4 cm³/mol. The van der Waals surface area contributed by atoms with E-state index in [0.717, 1.165) is 51.6 Å². The van der Waals surface area contributed by atoms with Gasteiger partial charge in [0, 0.05) is 36.7 Å². The topological polar surface area (TPSA) is 73.7 Å². The summed E-state index contributed by atoms with van der Waals surface area (Å²) in [4.78, 5) is 25.9. The fourth-order valence-electron chi connectivity index (χ4n) is 5.17. The number of aliphatic carboxylic acids is 1. The van der Waals surface area contributed by atoms with Gasteiger partial charge in [0.05, 0.1) is 19.1 Å². The summed E-state index contributed by atoms with van der Waals surface area (Å²) in [5.74, 6) is -1.57. The van der Waals surface area contributed by atoms with Crippen LogP contribution >= 0.6 is 0 Å². The van der Waals surface area contributed by atoms with Gasteiger partial charge in [0.25, 0.3) is 0 Å². The Balaban J connectivity index is 1.60. The first-order chi connectivity index (χ1) is 11.0. The van der Waals surface area contributed by atoms with E-state index in [1.165, 1.54) is 0 Å². The molecule has 0 aromatic heterocycles. The number of nitrogens with one attached hydrogen (secondary N) is 2. The minimum absolute atomic E-state index is 0.0217. The summed E-state index contributed by atoms with van der Waals surface area (Å²) in [5, 5.41) is 14.7. The summed E-state index contributed by atoms with van der Waals surface area (Å²) in [6.07, 6.45) is 5.89. The van der Waals surface area contributed by atoms with Crippen LogP contribution in [0.4, 0.5) is 0 Å². The quantitative estimate of drug-likeness (QED) is 0.723. The molecule has 1 saturated heterocycles. The van der Waals surface area contributed by atoms with Crippen LogP contribution in [0.15, 0.2) is 0 Å². The molecule has 0 unspecified atom stereocenters. The van der Waals surface area contributed by atoms with Crippen molar-refractivity contribution in [1.29, 1.82) is 0 Å². The lowest BCUT2D eigenvalue weighted by Gasteiger charge is -2.48. The smallest absolute Gasteiger partial charge is 0.224 e. The summed E-state index contributed by atoms with van der Waals surface area (Å²) >= 11 is 0. The normalized spacial score (nSPS) is 40.1. The molecule has 130 valence electrons. The molecular formula is C18H30N2O3. The predicted octanol–water partition coefficient (Wildman–Crippen LogP) is -0.639. The number of hydrogen-bond donors (Lipinski definition) is 2. The zero-order chi connectivity index (χ0) is 16.6. The summed E-state index contributed by atoms with van der Waals surface area (Å²) in [6, 6.07) is 0.844. The number of piperidine rings is 1.